The first-order valence-electron chi connectivity index (χ1n) is 9.81. The Balaban J connectivity index is 1.37. The minimum absolute atomic E-state index is 0.0890. The lowest BCUT2D eigenvalue weighted by Gasteiger charge is -2.40. The van der Waals surface area contributed by atoms with Crippen molar-refractivity contribution in [3.63, 3.8) is 0 Å². The van der Waals surface area contributed by atoms with Gasteiger partial charge in [-0.15, -0.1) is 5.10 Å². The van der Waals surface area contributed by atoms with Crippen LogP contribution >= 0.6 is 0 Å². The summed E-state index contributed by atoms with van der Waals surface area (Å²) in [6.07, 6.45) is -0.261. The Kier molecular flexibility index (Phi) is 5.56. The fraction of sp³-hybridized carbons (Fsp3) is 0.611. The number of carbonyl (C=O) groups excluding carboxylic acids is 1. The second kappa shape index (κ2) is 7.98. The Morgan fingerprint density at radius 1 is 1.07 bits per heavy atom. The molecule has 2 aliphatic rings. The van der Waals surface area contributed by atoms with Gasteiger partial charge in [-0.2, -0.15) is 17.0 Å². The van der Waals surface area contributed by atoms with E-state index < -0.39 is 10.2 Å². The van der Waals surface area contributed by atoms with Gasteiger partial charge in [-0.05, 0) is 26.0 Å². The third kappa shape index (κ3) is 4.13. The summed E-state index contributed by atoms with van der Waals surface area (Å²) in [5, 5.41) is 8.12. The Morgan fingerprint density at radius 3 is 2.41 bits per heavy atom. The van der Waals surface area contributed by atoms with E-state index in [9.17, 15) is 13.2 Å². The fourth-order valence-corrected chi connectivity index (χ4v) is 5.66. The number of benzene rings is 1. The molecule has 2 aliphatic heterocycles. The van der Waals surface area contributed by atoms with Crippen LogP contribution in [-0.2, 0) is 26.3 Å². The zero-order valence-electron chi connectivity index (χ0n) is 16.6. The summed E-state index contributed by atoms with van der Waals surface area (Å²) in [7, 11) is -3.56. The van der Waals surface area contributed by atoms with Crippen molar-refractivity contribution in [2.75, 3.05) is 39.3 Å². The van der Waals surface area contributed by atoms with E-state index in [4.69, 9.17) is 4.74 Å². The largest absolute Gasteiger partial charge is 0.373 e. The molecule has 3 heterocycles. The highest BCUT2D eigenvalue weighted by molar-refractivity contribution is 7.86. The van der Waals surface area contributed by atoms with Gasteiger partial charge in [-0.1, -0.05) is 17.3 Å². The maximum atomic E-state index is 13.0. The van der Waals surface area contributed by atoms with E-state index in [1.54, 1.807) is 9.58 Å². The number of fused-ring (bicyclic) bond motifs is 1. The third-order valence-electron chi connectivity index (χ3n) is 5.34. The van der Waals surface area contributed by atoms with E-state index in [-0.39, 0.29) is 37.7 Å². The molecule has 0 aliphatic carbocycles. The van der Waals surface area contributed by atoms with Gasteiger partial charge in [0.15, 0.2) is 0 Å². The Labute approximate surface area is 170 Å². The highest BCUT2D eigenvalue weighted by atomic mass is 32.2. The standard InChI is InChI=1S/C18H26N6O4S/c1-14-11-23(12-15(2)28-14)29(26,27)22-9-7-21(8-10-22)18(25)13-24-17-6-4-3-5-16(17)19-20-24/h3-6,14-15H,7-13H2,1-2H3. The first-order valence-corrected chi connectivity index (χ1v) is 11.2. The number of para-hydroxylation sites is 1. The van der Waals surface area contributed by atoms with Crippen molar-refractivity contribution >= 4 is 27.1 Å². The van der Waals surface area contributed by atoms with Crippen molar-refractivity contribution in [1.29, 1.82) is 0 Å². The molecule has 29 heavy (non-hydrogen) atoms. The van der Waals surface area contributed by atoms with Crippen LogP contribution in [0.25, 0.3) is 11.0 Å². The average molecular weight is 423 g/mol. The van der Waals surface area contributed by atoms with E-state index in [1.807, 2.05) is 38.1 Å². The Hall–Kier alpha value is -2.08. The molecule has 0 bridgehead atoms. The maximum Gasteiger partial charge on any atom is 0.282 e. The first kappa shape index (κ1) is 20.2. The number of ether oxygens (including phenoxy) is 1. The summed E-state index contributed by atoms with van der Waals surface area (Å²) in [6, 6.07) is 7.47. The Morgan fingerprint density at radius 2 is 1.72 bits per heavy atom. The molecule has 10 nitrogen and oxygen atoms in total. The van der Waals surface area contributed by atoms with Gasteiger partial charge in [0.25, 0.3) is 10.2 Å². The van der Waals surface area contributed by atoms with Crippen LogP contribution in [0.3, 0.4) is 0 Å². The molecule has 4 rings (SSSR count). The van der Waals surface area contributed by atoms with E-state index in [1.165, 1.54) is 8.61 Å². The van der Waals surface area contributed by atoms with E-state index >= 15 is 0 Å². The lowest BCUT2D eigenvalue weighted by atomic mass is 10.3. The smallest absolute Gasteiger partial charge is 0.282 e. The summed E-state index contributed by atoms with van der Waals surface area (Å²) >= 11 is 0. The fourth-order valence-electron chi connectivity index (χ4n) is 3.91. The van der Waals surface area contributed by atoms with Crippen molar-refractivity contribution in [2.45, 2.75) is 32.6 Å². The van der Waals surface area contributed by atoms with Crippen molar-refractivity contribution in [3.8, 4) is 0 Å². The molecule has 0 saturated carbocycles. The molecular formula is C18H26N6O4S. The Bertz CT molecular complexity index is 975. The topological polar surface area (TPSA) is 101 Å². The van der Waals surface area contributed by atoms with Crippen LogP contribution in [0.1, 0.15) is 13.8 Å². The molecule has 2 saturated heterocycles. The van der Waals surface area contributed by atoms with Gasteiger partial charge >= 0.3 is 0 Å². The third-order valence-corrected chi connectivity index (χ3v) is 7.30. The highest BCUT2D eigenvalue weighted by Crippen LogP contribution is 2.19. The van der Waals surface area contributed by atoms with Gasteiger partial charge < -0.3 is 9.64 Å². The van der Waals surface area contributed by atoms with Gasteiger partial charge in [0.2, 0.25) is 5.91 Å². The quantitative estimate of drug-likeness (QED) is 0.684. The molecule has 1 amide bonds. The summed E-state index contributed by atoms with van der Waals surface area (Å²) in [5.41, 5.74) is 1.54. The van der Waals surface area contributed by atoms with Crippen molar-refractivity contribution in [2.24, 2.45) is 0 Å². The highest BCUT2D eigenvalue weighted by Gasteiger charge is 2.37. The summed E-state index contributed by atoms with van der Waals surface area (Å²) < 4.78 is 36.1. The predicted octanol–water partition coefficient (Wildman–Crippen LogP) is -0.0705. The number of aromatic nitrogens is 3. The lowest BCUT2D eigenvalue weighted by molar-refractivity contribution is -0.133. The van der Waals surface area contributed by atoms with Crippen LogP contribution < -0.4 is 0 Å². The lowest BCUT2D eigenvalue weighted by Crippen LogP contribution is -2.57. The van der Waals surface area contributed by atoms with Gasteiger partial charge in [0.05, 0.1) is 17.7 Å². The minimum atomic E-state index is -3.56. The summed E-state index contributed by atoms with van der Waals surface area (Å²) in [5.74, 6) is -0.0914. The molecule has 2 aromatic rings. The van der Waals surface area contributed by atoms with Gasteiger partial charge in [-0.3, -0.25) is 4.79 Å². The van der Waals surface area contributed by atoms with Gasteiger partial charge in [0, 0.05) is 39.3 Å². The molecule has 0 radical (unpaired) electrons. The molecular weight excluding hydrogens is 396 g/mol. The minimum Gasteiger partial charge on any atom is -0.373 e. The van der Waals surface area contributed by atoms with Gasteiger partial charge in [0.1, 0.15) is 12.1 Å². The number of rotatable bonds is 4. The molecule has 11 heteroatoms. The SMILES string of the molecule is CC1CN(S(=O)(=O)N2CCN(C(=O)Cn3nnc4ccccc43)CC2)CC(C)O1. The number of morpholine rings is 1. The maximum absolute atomic E-state index is 13.0. The molecule has 1 aromatic heterocycles. The molecule has 2 unspecified atom stereocenters. The number of hydrogen-bond acceptors (Lipinski definition) is 6. The normalized spacial score (nSPS) is 24.8. The number of carbonyl (C=O) groups is 1. The van der Waals surface area contributed by atoms with E-state index in [0.29, 0.717) is 26.2 Å². The van der Waals surface area contributed by atoms with Gasteiger partial charge in [-0.25, -0.2) is 4.68 Å². The van der Waals surface area contributed by atoms with Crippen molar-refractivity contribution in [3.05, 3.63) is 24.3 Å². The number of piperazine rings is 1. The summed E-state index contributed by atoms with van der Waals surface area (Å²) in [4.78, 5) is 14.4. The van der Waals surface area contributed by atoms with Crippen molar-refractivity contribution in [1.82, 2.24) is 28.5 Å². The van der Waals surface area contributed by atoms with E-state index in [0.717, 1.165) is 11.0 Å². The summed E-state index contributed by atoms with van der Waals surface area (Å²) in [6.45, 7) is 5.84. The number of amides is 1. The molecule has 158 valence electrons. The average Bonchev–Trinajstić information content (AvgIpc) is 3.10. The van der Waals surface area contributed by atoms with E-state index in [2.05, 4.69) is 10.3 Å². The van der Waals surface area contributed by atoms with Crippen LogP contribution in [0.4, 0.5) is 0 Å². The monoisotopic (exact) mass is 422 g/mol. The number of hydrogen-bond donors (Lipinski definition) is 0. The second-order valence-corrected chi connectivity index (χ2v) is 9.53. The number of nitrogens with zero attached hydrogens (tertiary/aromatic N) is 6. The zero-order valence-corrected chi connectivity index (χ0v) is 17.5. The molecule has 0 N–H and O–H groups in total. The van der Waals surface area contributed by atoms with Crippen molar-refractivity contribution < 1.29 is 17.9 Å². The first-order chi connectivity index (χ1) is 13.8. The van der Waals surface area contributed by atoms with Crippen LogP contribution in [-0.4, -0.2) is 94.3 Å². The second-order valence-electron chi connectivity index (χ2n) is 7.60. The van der Waals surface area contributed by atoms with Crippen LogP contribution in [0.2, 0.25) is 0 Å². The molecule has 2 atom stereocenters. The predicted molar refractivity (Wildman–Crippen MR) is 106 cm³/mol. The molecule has 0 spiro atoms. The molecule has 1 aromatic carbocycles. The van der Waals surface area contributed by atoms with Crippen LogP contribution in [0, 0.1) is 0 Å². The molecule has 2 fully saturated rings. The zero-order chi connectivity index (χ0) is 20.6. The van der Waals surface area contributed by atoms with Crippen LogP contribution in [0.5, 0.6) is 0 Å². The van der Waals surface area contributed by atoms with Crippen LogP contribution in [0.15, 0.2) is 24.3 Å².